The molecule has 25 heavy (non-hydrogen) atoms. The van der Waals surface area contributed by atoms with Gasteiger partial charge < -0.3 is 20.7 Å². The van der Waals surface area contributed by atoms with Gasteiger partial charge in [-0.15, -0.1) is 0 Å². The molecule has 1 heterocycles. The van der Waals surface area contributed by atoms with E-state index in [1.807, 2.05) is 4.90 Å². The maximum absolute atomic E-state index is 12.1. The van der Waals surface area contributed by atoms with Gasteiger partial charge in [-0.1, -0.05) is 0 Å². The number of carbonyl (C=O) groups excluding carboxylic acids is 2. The van der Waals surface area contributed by atoms with Crippen LogP contribution in [0.4, 0.5) is 0 Å². The molecule has 0 atom stereocenters. The zero-order valence-electron chi connectivity index (χ0n) is 15.2. The number of nitrogens with one attached hydrogen (secondary N) is 1. The summed E-state index contributed by atoms with van der Waals surface area (Å²) < 4.78 is 5.08. The number of amides is 2. The molecule has 0 radical (unpaired) electrons. The highest BCUT2D eigenvalue weighted by Crippen LogP contribution is 2.11. The Labute approximate surface area is 149 Å². The van der Waals surface area contributed by atoms with Gasteiger partial charge in [-0.3, -0.25) is 14.5 Å². The predicted molar refractivity (Wildman–Crippen MR) is 96.6 cm³/mol. The summed E-state index contributed by atoms with van der Waals surface area (Å²) in [7, 11) is 1.59. The molecule has 1 saturated heterocycles. The van der Waals surface area contributed by atoms with Crippen LogP contribution in [0.25, 0.3) is 0 Å². The third-order valence-corrected chi connectivity index (χ3v) is 4.28. The summed E-state index contributed by atoms with van der Waals surface area (Å²) in [4.78, 5) is 28.3. The highest BCUT2D eigenvalue weighted by atomic mass is 16.5. The maximum Gasteiger partial charge on any atom is 0.251 e. The van der Waals surface area contributed by atoms with Crippen molar-refractivity contribution in [2.75, 3.05) is 46.4 Å². The van der Waals surface area contributed by atoms with Crippen molar-refractivity contribution in [1.29, 1.82) is 0 Å². The molecule has 1 aliphatic heterocycles. The van der Waals surface area contributed by atoms with Crippen LogP contribution in [0.1, 0.15) is 24.2 Å². The number of nitrogens with two attached hydrogens (primary N) is 1. The molecule has 0 bridgehead atoms. The number of methoxy groups -OCH3 is 1. The van der Waals surface area contributed by atoms with Crippen molar-refractivity contribution in [2.45, 2.75) is 19.4 Å². The van der Waals surface area contributed by atoms with Gasteiger partial charge in [-0.05, 0) is 38.1 Å². The predicted octanol–water partition coefficient (Wildman–Crippen LogP) is 0.307. The lowest BCUT2D eigenvalue weighted by molar-refractivity contribution is -0.137. The number of hydrogen-bond donors (Lipinski definition) is 2. The summed E-state index contributed by atoms with van der Waals surface area (Å²) in [6, 6.07) is 7.02. The fraction of sp³-hybridized carbons (Fsp3) is 0.556. The Kier molecular flexibility index (Phi) is 6.39. The van der Waals surface area contributed by atoms with Crippen molar-refractivity contribution in [3.05, 3.63) is 29.8 Å². The molecule has 7 nitrogen and oxygen atoms in total. The topological polar surface area (TPSA) is 87.9 Å². The van der Waals surface area contributed by atoms with E-state index in [-0.39, 0.29) is 11.8 Å². The van der Waals surface area contributed by atoms with E-state index in [1.165, 1.54) is 0 Å². The minimum Gasteiger partial charge on any atom is -0.497 e. The smallest absolute Gasteiger partial charge is 0.251 e. The molecule has 0 spiro atoms. The van der Waals surface area contributed by atoms with Crippen molar-refractivity contribution in [1.82, 2.24) is 15.1 Å². The first kappa shape index (κ1) is 19.2. The largest absolute Gasteiger partial charge is 0.497 e. The number of piperazine rings is 1. The van der Waals surface area contributed by atoms with Crippen molar-refractivity contribution < 1.29 is 14.3 Å². The number of nitrogens with zero attached hydrogens (tertiary/aromatic N) is 2. The van der Waals surface area contributed by atoms with Gasteiger partial charge in [0.1, 0.15) is 5.75 Å². The van der Waals surface area contributed by atoms with Crippen molar-refractivity contribution in [3.63, 3.8) is 0 Å². The molecule has 1 aliphatic rings. The lowest BCUT2D eigenvalue weighted by Crippen LogP contribution is -2.57. The summed E-state index contributed by atoms with van der Waals surface area (Å²) in [5.41, 5.74) is 5.66. The van der Waals surface area contributed by atoms with Gasteiger partial charge in [-0.2, -0.15) is 0 Å². The Balaban J connectivity index is 1.71. The molecule has 2 amide bonds. The second-order valence-electron chi connectivity index (χ2n) is 6.84. The van der Waals surface area contributed by atoms with Gasteiger partial charge in [-0.25, -0.2) is 0 Å². The first-order valence-corrected chi connectivity index (χ1v) is 8.54. The molecule has 0 saturated carbocycles. The SMILES string of the molecule is COc1ccc(C(=O)NCCN2CCN(C(=O)C(C)(C)N)CC2)cc1. The van der Waals surface area contributed by atoms with E-state index >= 15 is 0 Å². The van der Waals surface area contributed by atoms with Gasteiger partial charge in [0.2, 0.25) is 5.91 Å². The average molecular weight is 348 g/mol. The second kappa shape index (κ2) is 8.31. The molecule has 1 aromatic rings. The van der Waals surface area contributed by atoms with Crippen LogP contribution < -0.4 is 15.8 Å². The fourth-order valence-corrected chi connectivity index (χ4v) is 2.75. The van der Waals surface area contributed by atoms with E-state index < -0.39 is 5.54 Å². The normalized spacial score (nSPS) is 15.8. The van der Waals surface area contributed by atoms with E-state index in [0.717, 1.165) is 25.4 Å². The minimum absolute atomic E-state index is 0.0139. The summed E-state index contributed by atoms with van der Waals surface area (Å²) in [5.74, 6) is 0.617. The zero-order valence-corrected chi connectivity index (χ0v) is 15.2. The quantitative estimate of drug-likeness (QED) is 0.772. The van der Waals surface area contributed by atoms with Crippen molar-refractivity contribution in [2.24, 2.45) is 5.73 Å². The molecule has 1 fully saturated rings. The standard InChI is InChI=1S/C18H28N4O3/c1-18(2,19)17(24)22-12-10-21(11-13-22)9-8-20-16(23)14-4-6-15(25-3)7-5-14/h4-7H,8-13,19H2,1-3H3,(H,20,23). The van der Waals surface area contributed by atoms with Crippen LogP contribution >= 0.6 is 0 Å². The molecular formula is C18H28N4O3. The van der Waals surface area contributed by atoms with E-state index in [1.54, 1.807) is 45.2 Å². The van der Waals surface area contributed by atoms with E-state index in [0.29, 0.717) is 25.2 Å². The van der Waals surface area contributed by atoms with Gasteiger partial charge in [0.05, 0.1) is 12.6 Å². The number of carbonyl (C=O) groups is 2. The second-order valence-corrected chi connectivity index (χ2v) is 6.84. The molecule has 3 N–H and O–H groups in total. The first-order chi connectivity index (χ1) is 11.8. The Hall–Kier alpha value is -2.12. The summed E-state index contributed by atoms with van der Waals surface area (Å²) in [6.07, 6.45) is 0. The number of rotatable bonds is 6. The van der Waals surface area contributed by atoms with Crippen LogP contribution in [0.15, 0.2) is 24.3 Å². The van der Waals surface area contributed by atoms with Crippen LogP contribution in [-0.2, 0) is 4.79 Å². The lowest BCUT2D eigenvalue weighted by Gasteiger charge is -2.37. The highest BCUT2D eigenvalue weighted by molar-refractivity contribution is 5.94. The van der Waals surface area contributed by atoms with E-state index in [2.05, 4.69) is 10.2 Å². The van der Waals surface area contributed by atoms with Gasteiger partial charge in [0.25, 0.3) is 5.91 Å². The zero-order chi connectivity index (χ0) is 18.4. The Morgan fingerprint density at radius 1 is 1.16 bits per heavy atom. The Bertz CT molecular complexity index is 587. The van der Waals surface area contributed by atoms with Gasteiger partial charge in [0, 0.05) is 44.8 Å². The Morgan fingerprint density at radius 3 is 2.28 bits per heavy atom. The third kappa shape index (κ3) is 5.44. The molecule has 0 unspecified atom stereocenters. The highest BCUT2D eigenvalue weighted by Gasteiger charge is 2.29. The summed E-state index contributed by atoms with van der Waals surface area (Å²) >= 11 is 0. The van der Waals surface area contributed by atoms with Gasteiger partial charge in [0.15, 0.2) is 0 Å². The third-order valence-electron chi connectivity index (χ3n) is 4.28. The van der Waals surface area contributed by atoms with Crippen LogP contribution in [0.3, 0.4) is 0 Å². The van der Waals surface area contributed by atoms with Crippen molar-refractivity contribution >= 4 is 11.8 Å². The molecule has 0 aromatic heterocycles. The summed E-state index contributed by atoms with van der Waals surface area (Å²) in [5, 5.41) is 2.92. The maximum atomic E-state index is 12.1. The molecule has 7 heteroatoms. The minimum atomic E-state index is -0.825. The first-order valence-electron chi connectivity index (χ1n) is 8.54. The van der Waals surface area contributed by atoms with Crippen LogP contribution in [-0.4, -0.2) is 73.5 Å². The fourth-order valence-electron chi connectivity index (χ4n) is 2.75. The van der Waals surface area contributed by atoms with Crippen LogP contribution in [0.2, 0.25) is 0 Å². The number of hydrogen-bond acceptors (Lipinski definition) is 5. The summed E-state index contributed by atoms with van der Waals surface area (Å²) in [6.45, 7) is 7.72. The monoisotopic (exact) mass is 348 g/mol. The van der Waals surface area contributed by atoms with Crippen LogP contribution in [0, 0.1) is 0 Å². The molecule has 1 aromatic carbocycles. The van der Waals surface area contributed by atoms with Crippen molar-refractivity contribution in [3.8, 4) is 5.75 Å². The Morgan fingerprint density at radius 2 is 1.76 bits per heavy atom. The lowest BCUT2D eigenvalue weighted by atomic mass is 10.0. The van der Waals surface area contributed by atoms with E-state index in [9.17, 15) is 9.59 Å². The average Bonchev–Trinajstić information content (AvgIpc) is 2.61. The number of benzene rings is 1. The molecule has 138 valence electrons. The van der Waals surface area contributed by atoms with Gasteiger partial charge >= 0.3 is 0 Å². The molecular weight excluding hydrogens is 320 g/mol. The molecule has 0 aliphatic carbocycles. The van der Waals surface area contributed by atoms with Crippen LogP contribution in [0.5, 0.6) is 5.75 Å². The molecule has 2 rings (SSSR count). The van der Waals surface area contributed by atoms with E-state index in [4.69, 9.17) is 10.5 Å². The number of ether oxygens (including phenoxy) is 1.